The molecule has 1 saturated carbocycles. The van der Waals surface area contributed by atoms with Crippen LogP contribution in [0.4, 0.5) is 4.79 Å². The number of amides is 2. The largest absolute Gasteiger partial charge is 0.423 e. The molecule has 12 heteroatoms. The number of rotatable bonds is 4. The van der Waals surface area contributed by atoms with E-state index in [1.54, 1.807) is 5.48 Å². The van der Waals surface area contributed by atoms with Gasteiger partial charge in [0.2, 0.25) is 11.8 Å². The summed E-state index contributed by atoms with van der Waals surface area (Å²) in [6.07, 6.45) is 6.71. The molecule has 0 aromatic carbocycles. The van der Waals surface area contributed by atoms with E-state index in [2.05, 4.69) is 19.8 Å². The fraction of sp³-hybridized carbons (Fsp3) is 0.812. The number of nitrogens with one attached hydrogen (secondary N) is 2. The van der Waals surface area contributed by atoms with Crippen molar-refractivity contribution in [2.45, 2.75) is 56.9 Å². The highest BCUT2D eigenvalue weighted by molar-refractivity contribution is 7.80. The maximum absolute atomic E-state index is 12.3. The topological polar surface area (TPSA) is 147 Å². The Balaban J connectivity index is 1.40. The van der Waals surface area contributed by atoms with Crippen molar-refractivity contribution in [1.82, 2.24) is 25.9 Å². The number of aromatic nitrogens is 2. The van der Waals surface area contributed by atoms with Crippen LogP contribution in [-0.4, -0.2) is 53.7 Å². The second-order valence-electron chi connectivity index (χ2n) is 7.96. The van der Waals surface area contributed by atoms with E-state index in [0.717, 1.165) is 38.8 Å². The zero-order valence-electron chi connectivity index (χ0n) is 15.5. The Morgan fingerprint density at radius 3 is 2.68 bits per heavy atom. The Morgan fingerprint density at radius 2 is 1.96 bits per heavy atom. The molecule has 2 amide bonds. The predicted octanol–water partition coefficient (Wildman–Crippen LogP) is 1.29. The van der Waals surface area contributed by atoms with Gasteiger partial charge in [-0.3, -0.25) is 4.55 Å². The first kappa shape index (κ1) is 19.6. The quantitative estimate of drug-likeness (QED) is 0.489. The maximum Gasteiger partial charge on any atom is 0.418 e. The van der Waals surface area contributed by atoms with Gasteiger partial charge in [-0.25, -0.2) is 4.79 Å². The molecule has 0 unspecified atom stereocenters. The van der Waals surface area contributed by atoms with Crippen molar-refractivity contribution in [3.8, 4) is 0 Å². The van der Waals surface area contributed by atoms with Gasteiger partial charge in [0.15, 0.2) is 0 Å². The van der Waals surface area contributed by atoms with Crippen LogP contribution < -0.4 is 10.8 Å². The lowest BCUT2D eigenvalue weighted by Gasteiger charge is -2.49. The van der Waals surface area contributed by atoms with Crippen LogP contribution in [0.5, 0.6) is 0 Å². The van der Waals surface area contributed by atoms with Gasteiger partial charge < -0.3 is 14.6 Å². The fourth-order valence-electron chi connectivity index (χ4n) is 4.65. The summed E-state index contributed by atoms with van der Waals surface area (Å²) < 4.78 is 39.9. The summed E-state index contributed by atoms with van der Waals surface area (Å²) in [7, 11) is -4.77. The highest BCUT2D eigenvalue weighted by Gasteiger charge is 2.47. The van der Waals surface area contributed by atoms with Crippen LogP contribution in [0.25, 0.3) is 0 Å². The van der Waals surface area contributed by atoms with Gasteiger partial charge in [-0.15, -0.1) is 14.5 Å². The van der Waals surface area contributed by atoms with Crippen molar-refractivity contribution in [1.29, 1.82) is 0 Å². The summed E-state index contributed by atoms with van der Waals surface area (Å²) in [5, 5.41) is 11.8. The van der Waals surface area contributed by atoms with Gasteiger partial charge in [0.1, 0.15) is 6.04 Å². The average Bonchev–Trinajstić information content (AvgIpc) is 3.14. The van der Waals surface area contributed by atoms with Crippen molar-refractivity contribution in [2.75, 3.05) is 19.6 Å². The molecule has 3 fully saturated rings. The molecule has 1 aromatic rings. The summed E-state index contributed by atoms with van der Waals surface area (Å²) >= 11 is 0. The van der Waals surface area contributed by atoms with Crippen LogP contribution in [0.3, 0.4) is 0 Å². The van der Waals surface area contributed by atoms with E-state index >= 15 is 0 Å². The number of urea groups is 1. The van der Waals surface area contributed by atoms with Gasteiger partial charge in [-0.1, -0.05) is 0 Å². The lowest BCUT2D eigenvalue weighted by atomic mass is 9.58. The van der Waals surface area contributed by atoms with Crippen LogP contribution in [0.15, 0.2) is 4.42 Å². The summed E-state index contributed by atoms with van der Waals surface area (Å²) in [5.74, 6) is 1.22. The van der Waals surface area contributed by atoms with E-state index in [9.17, 15) is 13.2 Å². The average molecular weight is 415 g/mol. The monoisotopic (exact) mass is 415 g/mol. The molecule has 0 radical (unpaired) electrons. The molecule has 0 bridgehead atoms. The molecular weight excluding hydrogens is 390 g/mol. The van der Waals surface area contributed by atoms with Gasteiger partial charge in [0.25, 0.3) is 0 Å². The van der Waals surface area contributed by atoms with E-state index in [1.807, 2.05) is 0 Å². The standard InChI is InChI=1S/C16H25N5O6S/c22-15(20-27-28(23,24)25)21-8-2-1-3-12(21)14-19-18-13(26-14)11-9-16(10-11)4-6-17-7-5-16/h11-12,17H,1-10H2,(H,20,22)(H,23,24,25)/t12-/m0/s1. The molecule has 1 aromatic heterocycles. The van der Waals surface area contributed by atoms with Gasteiger partial charge in [-0.05, 0) is 63.5 Å². The van der Waals surface area contributed by atoms with Gasteiger partial charge >= 0.3 is 16.4 Å². The Bertz CT molecular complexity index is 813. The number of piperidine rings is 2. The predicted molar refractivity (Wildman–Crippen MR) is 95.3 cm³/mol. The van der Waals surface area contributed by atoms with Crippen molar-refractivity contribution in [2.24, 2.45) is 5.41 Å². The summed E-state index contributed by atoms with van der Waals surface area (Å²) in [5.41, 5.74) is 2.13. The molecule has 2 saturated heterocycles. The highest BCUT2D eigenvalue weighted by atomic mass is 32.3. The normalized spacial score (nSPS) is 25.5. The van der Waals surface area contributed by atoms with Crippen LogP contribution in [-0.2, 0) is 14.7 Å². The number of hydrogen-bond donors (Lipinski definition) is 3. The van der Waals surface area contributed by atoms with Crippen molar-refractivity contribution in [3.63, 3.8) is 0 Å². The molecule has 3 N–H and O–H groups in total. The molecule has 3 heterocycles. The van der Waals surface area contributed by atoms with Crippen LogP contribution in [0.1, 0.15) is 68.7 Å². The Morgan fingerprint density at radius 1 is 1.25 bits per heavy atom. The molecule has 2 aliphatic heterocycles. The molecule has 11 nitrogen and oxygen atoms in total. The number of carbonyl (C=O) groups is 1. The van der Waals surface area contributed by atoms with Crippen molar-refractivity contribution < 1.29 is 26.5 Å². The minimum absolute atomic E-state index is 0.257. The third-order valence-corrected chi connectivity index (χ3v) is 6.41. The van der Waals surface area contributed by atoms with E-state index in [4.69, 9.17) is 8.97 Å². The molecule has 4 rings (SSSR count). The van der Waals surface area contributed by atoms with Crippen LogP contribution in [0.2, 0.25) is 0 Å². The fourth-order valence-corrected chi connectivity index (χ4v) is 4.83. The second kappa shape index (κ2) is 7.58. The minimum Gasteiger partial charge on any atom is -0.423 e. The maximum atomic E-state index is 12.3. The number of likely N-dealkylation sites (tertiary alicyclic amines) is 1. The van der Waals surface area contributed by atoms with Crippen molar-refractivity contribution in [3.05, 3.63) is 11.8 Å². The molecule has 3 aliphatic rings. The molecule has 1 atom stereocenters. The number of nitrogens with zero attached hydrogens (tertiary/aromatic N) is 3. The van der Waals surface area contributed by atoms with E-state index in [1.165, 1.54) is 17.7 Å². The minimum atomic E-state index is -4.77. The summed E-state index contributed by atoms with van der Waals surface area (Å²) in [6, 6.07) is -1.23. The molecule has 156 valence electrons. The molecule has 1 aliphatic carbocycles. The number of hydrogen-bond acceptors (Lipinski definition) is 8. The Hall–Kier alpha value is -1.76. The molecule has 1 spiro atoms. The van der Waals surface area contributed by atoms with E-state index in [0.29, 0.717) is 30.2 Å². The second-order valence-corrected chi connectivity index (χ2v) is 8.98. The zero-order valence-corrected chi connectivity index (χ0v) is 16.3. The highest BCUT2D eigenvalue weighted by Crippen LogP contribution is 2.55. The number of carbonyl (C=O) groups excluding carboxylic acids is 1. The SMILES string of the molecule is O=C(NOS(=O)(=O)O)N1CCCC[C@H]1c1nnc(C2CC3(CCNCC3)C2)o1. The molecular formula is C16H25N5O6S. The Kier molecular flexibility index (Phi) is 5.29. The van der Waals surface area contributed by atoms with Gasteiger partial charge in [-0.2, -0.15) is 13.9 Å². The van der Waals surface area contributed by atoms with E-state index in [-0.39, 0.29) is 5.92 Å². The first-order chi connectivity index (χ1) is 13.4. The Labute approximate surface area is 163 Å². The third kappa shape index (κ3) is 4.14. The summed E-state index contributed by atoms with van der Waals surface area (Å²) in [4.78, 5) is 13.6. The summed E-state index contributed by atoms with van der Waals surface area (Å²) in [6.45, 7) is 2.50. The van der Waals surface area contributed by atoms with Crippen molar-refractivity contribution >= 4 is 16.4 Å². The lowest BCUT2D eigenvalue weighted by molar-refractivity contribution is 0.0466. The van der Waals surface area contributed by atoms with Crippen LogP contribution >= 0.6 is 0 Å². The zero-order chi connectivity index (χ0) is 19.8. The lowest BCUT2D eigenvalue weighted by Crippen LogP contribution is -2.45. The smallest absolute Gasteiger partial charge is 0.418 e. The first-order valence-corrected chi connectivity index (χ1v) is 11.0. The third-order valence-electron chi connectivity index (χ3n) is 6.11. The van der Waals surface area contributed by atoms with Gasteiger partial charge in [0, 0.05) is 12.5 Å². The molecule has 28 heavy (non-hydrogen) atoms. The van der Waals surface area contributed by atoms with E-state index < -0.39 is 22.5 Å². The van der Waals surface area contributed by atoms with Crippen LogP contribution in [0, 0.1) is 5.41 Å². The number of hydroxylamine groups is 1. The van der Waals surface area contributed by atoms with Gasteiger partial charge in [0.05, 0.1) is 0 Å². The first-order valence-electron chi connectivity index (χ1n) is 9.62.